The Bertz CT molecular complexity index is 1100. The van der Waals surface area contributed by atoms with Gasteiger partial charge in [-0.15, -0.1) is 5.10 Å². The van der Waals surface area contributed by atoms with E-state index in [-0.39, 0.29) is 11.6 Å². The van der Waals surface area contributed by atoms with Crippen LogP contribution in [0.1, 0.15) is 26.3 Å². The van der Waals surface area contributed by atoms with Crippen molar-refractivity contribution in [2.24, 2.45) is 0 Å². The highest BCUT2D eigenvalue weighted by Gasteiger charge is 2.22. The predicted molar refractivity (Wildman–Crippen MR) is 120 cm³/mol. The molecule has 0 aliphatic rings. The van der Waals surface area contributed by atoms with Gasteiger partial charge in [0, 0.05) is 5.56 Å². The highest BCUT2D eigenvalue weighted by atomic mass is 32.2. The maximum absolute atomic E-state index is 12.9. The molecular formula is C22H27N3O5S. The van der Waals surface area contributed by atoms with E-state index in [1.165, 1.54) is 6.20 Å². The second-order valence-corrected chi connectivity index (χ2v) is 8.47. The van der Waals surface area contributed by atoms with Crippen LogP contribution in [0.5, 0.6) is 17.2 Å². The van der Waals surface area contributed by atoms with E-state index in [2.05, 4.69) is 5.10 Å². The molecule has 0 saturated carbocycles. The van der Waals surface area contributed by atoms with Gasteiger partial charge in [0.15, 0.2) is 17.3 Å². The quantitative estimate of drug-likeness (QED) is 0.507. The van der Waals surface area contributed by atoms with Gasteiger partial charge < -0.3 is 19.9 Å². The number of ether oxygens (including phenoxy) is 3. The van der Waals surface area contributed by atoms with E-state index in [4.69, 9.17) is 19.9 Å². The first-order valence-corrected chi connectivity index (χ1v) is 11.7. The zero-order valence-corrected chi connectivity index (χ0v) is 18.7. The SMILES string of the molecule is CCOc1cc(-c2cn(S(=O)(=O)Cc3ccccc3)nc2N)cc(OCC)c1OCC. The Labute approximate surface area is 182 Å². The van der Waals surface area contributed by atoms with Crippen molar-refractivity contribution < 1.29 is 22.6 Å². The maximum Gasteiger partial charge on any atom is 0.258 e. The smallest absolute Gasteiger partial charge is 0.258 e. The molecule has 0 radical (unpaired) electrons. The second-order valence-electron chi connectivity index (χ2n) is 6.64. The molecule has 1 aromatic heterocycles. The first-order chi connectivity index (χ1) is 14.9. The molecule has 0 aliphatic heterocycles. The molecule has 0 unspecified atom stereocenters. The summed E-state index contributed by atoms with van der Waals surface area (Å²) in [6.07, 6.45) is 1.41. The molecule has 8 nitrogen and oxygen atoms in total. The standard InChI is InChI=1S/C22H27N3O5S/c1-4-28-19-12-17(13-20(29-5-2)21(19)30-6-3)18-14-25(24-22(18)23)31(26,27)15-16-10-8-7-9-11-16/h7-14H,4-6,15H2,1-3H3,(H2,23,24). The van der Waals surface area contributed by atoms with Crippen molar-refractivity contribution >= 4 is 15.8 Å². The molecule has 166 valence electrons. The predicted octanol–water partition coefficient (Wildman–Crippen LogP) is 3.71. The average molecular weight is 446 g/mol. The number of nitrogens with two attached hydrogens (primary N) is 1. The highest BCUT2D eigenvalue weighted by Crippen LogP contribution is 2.43. The van der Waals surface area contributed by atoms with E-state index in [0.717, 1.165) is 4.09 Å². The summed E-state index contributed by atoms with van der Waals surface area (Å²) >= 11 is 0. The largest absolute Gasteiger partial charge is 0.490 e. The normalized spacial score (nSPS) is 11.3. The third kappa shape index (κ3) is 5.11. The van der Waals surface area contributed by atoms with E-state index in [9.17, 15) is 8.42 Å². The summed E-state index contributed by atoms with van der Waals surface area (Å²) in [7, 11) is -3.74. The lowest BCUT2D eigenvalue weighted by Crippen LogP contribution is -2.15. The Morgan fingerprint density at radius 1 is 0.935 bits per heavy atom. The highest BCUT2D eigenvalue weighted by molar-refractivity contribution is 7.89. The lowest BCUT2D eigenvalue weighted by Gasteiger charge is -2.17. The topological polar surface area (TPSA) is 106 Å². The minimum Gasteiger partial charge on any atom is -0.490 e. The Morgan fingerprint density at radius 2 is 1.52 bits per heavy atom. The lowest BCUT2D eigenvalue weighted by atomic mass is 10.1. The van der Waals surface area contributed by atoms with E-state index in [1.807, 2.05) is 26.8 Å². The van der Waals surface area contributed by atoms with Gasteiger partial charge in [-0.25, -0.2) is 8.42 Å². The van der Waals surface area contributed by atoms with Crippen LogP contribution in [0, 0.1) is 0 Å². The summed E-state index contributed by atoms with van der Waals surface area (Å²) in [5.74, 6) is 1.38. The first-order valence-electron chi connectivity index (χ1n) is 10.1. The molecule has 0 fully saturated rings. The molecular weight excluding hydrogens is 418 g/mol. The molecule has 0 amide bonds. The zero-order valence-electron chi connectivity index (χ0n) is 17.9. The monoisotopic (exact) mass is 445 g/mol. The number of nitrogens with zero attached hydrogens (tertiary/aromatic N) is 2. The van der Waals surface area contributed by atoms with Gasteiger partial charge in [0.25, 0.3) is 10.0 Å². The minimum atomic E-state index is -3.74. The van der Waals surface area contributed by atoms with Crippen LogP contribution in [0.15, 0.2) is 48.7 Å². The molecule has 0 atom stereocenters. The molecule has 2 N–H and O–H groups in total. The average Bonchev–Trinajstić information content (AvgIpc) is 3.14. The van der Waals surface area contributed by atoms with Crippen molar-refractivity contribution in [1.29, 1.82) is 0 Å². The fraction of sp³-hybridized carbons (Fsp3) is 0.318. The number of hydrogen-bond acceptors (Lipinski definition) is 7. The van der Waals surface area contributed by atoms with Crippen LogP contribution >= 0.6 is 0 Å². The number of benzene rings is 2. The van der Waals surface area contributed by atoms with Gasteiger partial charge in [0.1, 0.15) is 0 Å². The van der Waals surface area contributed by atoms with Crippen LogP contribution in [0.4, 0.5) is 5.82 Å². The minimum absolute atomic E-state index is 0.0886. The summed E-state index contributed by atoms with van der Waals surface area (Å²) in [6.45, 7) is 6.90. The number of rotatable bonds is 10. The third-order valence-corrected chi connectivity index (χ3v) is 5.87. The second kappa shape index (κ2) is 9.74. The lowest BCUT2D eigenvalue weighted by molar-refractivity contribution is 0.261. The van der Waals surface area contributed by atoms with Crippen LogP contribution in [-0.2, 0) is 15.8 Å². The molecule has 2 aromatic carbocycles. The third-order valence-electron chi connectivity index (χ3n) is 4.42. The van der Waals surface area contributed by atoms with Crippen molar-refractivity contribution in [2.45, 2.75) is 26.5 Å². The van der Waals surface area contributed by atoms with Crippen molar-refractivity contribution in [1.82, 2.24) is 9.19 Å². The fourth-order valence-corrected chi connectivity index (χ4v) is 4.35. The molecule has 3 aromatic rings. The van der Waals surface area contributed by atoms with Crippen LogP contribution in [0.25, 0.3) is 11.1 Å². The van der Waals surface area contributed by atoms with Crippen molar-refractivity contribution in [3.05, 3.63) is 54.2 Å². The Balaban J connectivity index is 2.04. The summed E-state index contributed by atoms with van der Waals surface area (Å²) in [4.78, 5) is 0. The van der Waals surface area contributed by atoms with Crippen molar-refractivity contribution in [2.75, 3.05) is 25.6 Å². The van der Waals surface area contributed by atoms with Crippen molar-refractivity contribution in [3.63, 3.8) is 0 Å². The van der Waals surface area contributed by atoms with Gasteiger partial charge in [-0.05, 0) is 44.0 Å². The molecule has 0 saturated heterocycles. The molecule has 9 heteroatoms. The van der Waals surface area contributed by atoms with Gasteiger partial charge in [-0.2, -0.15) is 4.09 Å². The van der Waals surface area contributed by atoms with Gasteiger partial charge in [-0.3, -0.25) is 0 Å². The Hall–Kier alpha value is -3.20. The van der Waals surface area contributed by atoms with Gasteiger partial charge >= 0.3 is 0 Å². The van der Waals surface area contributed by atoms with E-state index in [1.54, 1.807) is 36.4 Å². The van der Waals surface area contributed by atoms with Crippen LogP contribution in [0.3, 0.4) is 0 Å². The summed E-state index contributed by atoms with van der Waals surface area (Å²) in [5.41, 5.74) is 7.84. The number of hydrogen-bond donors (Lipinski definition) is 1. The summed E-state index contributed by atoms with van der Waals surface area (Å²) in [6, 6.07) is 12.4. The van der Waals surface area contributed by atoms with Crippen LogP contribution in [0.2, 0.25) is 0 Å². The van der Waals surface area contributed by atoms with E-state index < -0.39 is 10.0 Å². The van der Waals surface area contributed by atoms with Gasteiger partial charge in [0.05, 0.1) is 31.8 Å². The number of nitrogen functional groups attached to an aromatic ring is 1. The summed E-state index contributed by atoms with van der Waals surface area (Å²) in [5, 5.41) is 4.06. The summed E-state index contributed by atoms with van der Waals surface area (Å²) < 4.78 is 43.8. The Morgan fingerprint density at radius 3 is 2.06 bits per heavy atom. The number of aromatic nitrogens is 2. The molecule has 1 heterocycles. The van der Waals surface area contributed by atoms with Crippen LogP contribution in [-0.4, -0.2) is 37.4 Å². The molecule has 0 spiro atoms. The van der Waals surface area contributed by atoms with Crippen LogP contribution < -0.4 is 19.9 Å². The molecule has 31 heavy (non-hydrogen) atoms. The maximum atomic E-state index is 12.9. The van der Waals surface area contributed by atoms with Crippen molar-refractivity contribution in [3.8, 4) is 28.4 Å². The van der Waals surface area contributed by atoms with Gasteiger partial charge in [-0.1, -0.05) is 30.3 Å². The zero-order chi connectivity index (χ0) is 22.4. The first kappa shape index (κ1) is 22.5. The molecule has 0 bridgehead atoms. The number of anilines is 1. The Kier molecular flexibility index (Phi) is 7.06. The van der Waals surface area contributed by atoms with Gasteiger partial charge in [0.2, 0.25) is 5.75 Å². The van der Waals surface area contributed by atoms with E-state index >= 15 is 0 Å². The molecule has 0 aliphatic carbocycles. The van der Waals surface area contributed by atoms with E-state index in [0.29, 0.717) is 53.8 Å². The molecule has 3 rings (SSSR count). The fourth-order valence-electron chi connectivity index (χ4n) is 3.13.